The number of rotatable bonds is 4. The normalized spacial score (nSPS) is 18.1. The van der Waals surface area contributed by atoms with Gasteiger partial charge in [0.1, 0.15) is 17.1 Å². The number of benzene rings is 2. The van der Waals surface area contributed by atoms with E-state index < -0.39 is 0 Å². The van der Waals surface area contributed by atoms with Crippen LogP contribution in [0.3, 0.4) is 0 Å². The molecule has 2 aromatic carbocycles. The van der Waals surface area contributed by atoms with Crippen LogP contribution in [-0.2, 0) is 10.2 Å². The summed E-state index contributed by atoms with van der Waals surface area (Å²) >= 11 is 0. The lowest BCUT2D eigenvalue weighted by atomic mass is 9.87. The molecule has 29 heavy (non-hydrogen) atoms. The molecule has 4 heteroatoms. The third-order valence-corrected chi connectivity index (χ3v) is 5.20. The molecule has 1 atom stereocenters. The van der Waals surface area contributed by atoms with Gasteiger partial charge < -0.3 is 14.8 Å². The first-order valence-electron chi connectivity index (χ1n) is 10.0. The molecule has 1 aliphatic rings. The van der Waals surface area contributed by atoms with E-state index in [4.69, 9.17) is 9.47 Å². The fourth-order valence-electron chi connectivity index (χ4n) is 3.57. The lowest BCUT2D eigenvalue weighted by molar-refractivity contribution is -0.117. The number of carbonyl (C=O) groups excluding carboxylic acids is 1. The van der Waals surface area contributed by atoms with Gasteiger partial charge in [0.2, 0.25) is 5.91 Å². The summed E-state index contributed by atoms with van der Waals surface area (Å²) in [6.07, 6.45) is 4.14. The second kappa shape index (κ2) is 7.94. The summed E-state index contributed by atoms with van der Waals surface area (Å²) in [6, 6.07) is 13.9. The summed E-state index contributed by atoms with van der Waals surface area (Å²) < 4.78 is 11.4. The standard InChI is InChI=1S/C25H31NO3/c1-24(2,3)18-10-7-17(8-11-18)9-14-23(27)26-21-16-25(4,5)29-22-15-19(28-6)12-13-20(21)22/h7-15,21H,16H2,1-6H3,(H,26,27)/b14-9+/t21-/m0/s1. The highest BCUT2D eigenvalue weighted by Gasteiger charge is 2.34. The molecule has 0 saturated heterocycles. The Morgan fingerprint density at radius 2 is 1.86 bits per heavy atom. The molecule has 1 amide bonds. The third-order valence-electron chi connectivity index (χ3n) is 5.20. The van der Waals surface area contributed by atoms with Gasteiger partial charge in [0.25, 0.3) is 0 Å². The first-order chi connectivity index (χ1) is 13.6. The van der Waals surface area contributed by atoms with Gasteiger partial charge in [0.15, 0.2) is 0 Å². The number of amides is 1. The molecular weight excluding hydrogens is 362 g/mol. The van der Waals surface area contributed by atoms with Gasteiger partial charge in [0, 0.05) is 24.1 Å². The minimum absolute atomic E-state index is 0.111. The first kappa shape index (κ1) is 21.0. The quantitative estimate of drug-likeness (QED) is 0.705. The molecule has 3 rings (SSSR count). The van der Waals surface area contributed by atoms with E-state index in [1.54, 1.807) is 13.2 Å². The van der Waals surface area contributed by atoms with E-state index >= 15 is 0 Å². The van der Waals surface area contributed by atoms with Crippen LogP contribution < -0.4 is 14.8 Å². The van der Waals surface area contributed by atoms with Crippen LogP contribution in [0.25, 0.3) is 6.08 Å². The molecule has 154 valence electrons. The monoisotopic (exact) mass is 393 g/mol. The van der Waals surface area contributed by atoms with Crippen LogP contribution in [0, 0.1) is 0 Å². The average Bonchev–Trinajstić information content (AvgIpc) is 2.64. The molecule has 2 aromatic rings. The molecule has 0 aliphatic carbocycles. The highest BCUT2D eigenvalue weighted by atomic mass is 16.5. The summed E-state index contributed by atoms with van der Waals surface area (Å²) in [5, 5.41) is 3.13. The topological polar surface area (TPSA) is 47.6 Å². The zero-order chi connectivity index (χ0) is 21.2. The number of hydrogen-bond acceptors (Lipinski definition) is 3. The van der Waals surface area contributed by atoms with Crippen LogP contribution in [-0.4, -0.2) is 18.6 Å². The number of hydrogen-bond donors (Lipinski definition) is 1. The second-order valence-corrected chi connectivity index (χ2v) is 9.24. The highest BCUT2D eigenvalue weighted by molar-refractivity contribution is 5.92. The largest absolute Gasteiger partial charge is 0.497 e. The molecule has 1 heterocycles. The molecule has 0 radical (unpaired) electrons. The van der Waals surface area contributed by atoms with Crippen molar-refractivity contribution in [3.8, 4) is 11.5 Å². The van der Waals surface area contributed by atoms with Gasteiger partial charge in [-0.3, -0.25) is 4.79 Å². The van der Waals surface area contributed by atoms with Gasteiger partial charge in [-0.15, -0.1) is 0 Å². The zero-order valence-electron chi connectivity index (χ0n) is 18.2. The summed E-state index contributed by atoms with van der Waals surface area (Å²) in [6.45, 7) is 10.6. The van der Waals surface area contributed by atoms with Gasteiger partial charge in [-0.05, 0) is 48.6 Å². The molecule has 1 aliphatic heterocycles. The number of carbonyl (C=O) groups is 1. The molecule has 0 saturated carbocycles. The molecule has 0 aromatic heterocycles. The minimum Gasteiger partial charge on any atom is -0.497 e. The fraction of sp³-hybridized carbons (Fsp3) is 0.400. The SMILES string of the molecule is COc1ccc2c(c1)OC(C)(C)C[C@@H]2NC(=O)/C=C/c1ccc(C(C)(C)C)cc1. The Morgan fingerprint density at radius 3 is 2.48 bits per heavy atom. The van der Waals surface area contributed by atoms with Gasteiger partial charge in [0.05, 0.1) is 13.2 Å². The van der Waals surface area contributed by atoms with E-state index in [1.807, 2.05) is 50.3 Å². The van der Waals surface area contributed by atoms with Crippen LogP contribution >= 0.6 is 0 Å². The first-order valence-corrected chi connectivity index (χ1v) is 10.0. The number of fused-ring (bicyclic) bond motifs is 1. The predicted molar refractivity (Wildman–Crippen MR) is 117 cm³/mol. The smallest absolute Gasteiger partial charge is 0.244 e. The Balaban J connectivity index is 1.72. The molecule has 0 fully saturated rings. The van der Waals surface area contributed by atoms with E-state index in [2.05, 4.69) is 38.2 Å². The third kappa shape index (κ3) is 5.20. The van der Waals surface area contributed by atoms with Crippen LogP contribution in [0.15, 0.2) is 48.5 Å². The number of nitrogens with one attached hydrogen (secondary N) is 1. The molecular formula is C25H31NO3. The van der Waals surface area contributed by atoms with Gasteiger partial charge in [-0.1, -0.05) is 45.0 Å². The summed E-state index contributed by atoms with van der Waals surface area (Å²) in [5.41, 5.74) is 3.00. The molecule has 4 nitrogen and oxygen atoms in total. The maximum Gasteiger partial charge on any atom is 0.244 e. The van der Waals surface area contributed by atoms with Crippen LogP contribution in [0.2, 0.25) is 0 Å². The van der Waals surface area contributed by atoms with Crippen molar-refractivity contribution >= 4 is 12.0 Å². The number of methoxy groups -OCH3 is 1. The Labute approximate surface area is 173 Å². The van der Waals surface area contributed by atoms with Crippen LogP contribution in [0.4, 0.5) is 0 Å². The molecule has 1 N–H and O–H groups in total. The van der Waals surface area contributed by atoms with Crippen molar-refractivity contribution in [2.45, 2.75) is 58.1 Å². The van der Waals surface area contributed by atoms with Gasteiger partial charge in [-0.2, -0.15) is 0 Å². The van der Waals surface area contributed by atoms with Crippen molar-refractivity contribution in [3.05, 3.63) is 65.2 Å². The van der Waals surface area contributed by atoms with Crippen molar-refractivity contribution in [1.82, 2.24) is 5.32 Å². The van der Waals surface area contributed by atoms with Crippen LogP contribution in [0.5, 0.6) is 11.5 Å². The number of ether oxygens (including phenoxy) is 2. The second-order valence-electron chi connectivity index (χ2n) is 9.24. The Kier molecular flexibility index (Phi) is 5.74. The molecule has 0 spiro atoms. The van der Waals surface area contributed by atoms with Crippen molar-refractivity contribution in [3.63, 3.8) is 0 Å². The summed E-state index contributed by atoms with van der Waals surface area (Å²) in [7, 11) is 1.63. The van der Waals surface area contributed by atoms with Crippen molar-refractivity contribution in [1.29, 1.82) is 0 Å². The van der Waals surface area contributed by atoms with E-state index in [0.29, 0.717) is 6.42 Å². The van der Waals surface area contributed by atoms with Crippen molar-refractivity contribution in [2.24, 2.45) is 0 Å². The van der Waals surface area contributed by atoms with E-state index in [-0.39, 0.29) is 23.0 Å². The molecule has 0 unspecified atom stereocenters. The van der Waals surface area contributed by atoms with Crippen LogP contribution in [0.1, 0.15) is 63.8 Å². The average molecular weight is 394 g/mol. The maximum absolute atomic E-state index is 12.6. The predicted octanol–water partition coefficient (Wildman–Crippen LogP) is 5.42. The maximum atomic E-state index is 12.6. The lowest BCUT2D eigenvalue weighted by Crippen LogP contribution is -2.40. The van der Waals surface area contributed by atoms with E-state index in [0.717, 1.165) is 22.6 Å². The Morgan fingerprint density at radius 1 is 1.17 bits per heavy atom. The fourth-order valence-corrected chi connectivity index (χ4v) is 3.57. The molecule has 0 bridgehead atoms. The highest BCUT2D eigenvalue weighted by Crippen LogP contribution is 2.41. The van der Waals surface area contributed by atoms with Gasteiger partial charge in [-0.25, -0.2) is 0 Å². The zero-order valence-corrected chi connectivity index (χ0v) is 18.2. The minimum atomic E-state index is -0.371. The summed E-state index contributed by atoms with van der Waals surface area (Å²) in [4.78, 5) is 12.6. The van der Waals surface area contributed by atoms with E-state index in [1.165, 1.54) is 5.56 Å². The van der Waals surface area contributed by atoms with Gasteiger partial charge >= 0.3 is 0 Å². The lowest BCUT2D eigenvalue weighted by Gasteiger charge is -2.37. The Hall–Kier alpha value is -2.75. The van der Waals surface area contributed by atoms with E-state index in [9.17, 15) is 4.79 Å². The summed E-state index contributed by atoms with van der Waals surface area (Å²) in [5.74, 6) is 1.38. The van der Waals surface area contributed by atoms with Crippen molar-refractivity contribution in [2.75, 3.05) is 7.11 Å². The van der Waals surface area contributed by atoms with Crippen molar-refractivity contribution < 1.29 is 14.3 Å². The Bertz CT molecular complexity index is 905.